The summed E-state index contributed by atoms with van der Waals surface area (Å²) in [7, 11) is 0. The normalized spacial score (nSPS) is 20.1. The van der Waals surface area contributed by atoms with Crippen LogP contribution in [0.25, 0.3) is 0 Å². The van der Waals surface area contributed by atoms with Crippen LogP contribution in [0.2, 0.25) is 0 Å². The van der Waals surface area contributed by atoms with Crippen molar-refractivity contribution in [3.05, 3.63) is 23.9 Å². The van der Waals surface area contributed by atoms with Gasteiger partial charge in [0.25, 0.3) is 0 Å². The molecule has 86 valence electrons. The maximum atomic E-state index is 11.1. The average molecular weight is 220 g/mol. The van der Waals surface area contributed by atoms with Gasteiger partial charge in [0.15, 0.2) is 5.78 Å². The van der Waals surface area contributed by atoms with E-state index >= 15 is 0 Å². The molecule has 2 rings (SSSR count). The van der Waals surface area contributed by atoms with Crippen molar-refractivity contribution < 1.29 is 9.90 Å². The molecule has 0 spiro atoms. The Morgan fingerprint density at radius 3 is 3.00 bits per heavy atom. The third-order valence-electron chi connectivity index (χ3n) is 3.04. The molecule has 1 aliphatic rings. The third-order valence-corrected chi connectivity index (χ3v) is 3.04. The van der Waals surface area contributed by atoms with Crippen LogP contribution < -0.4 is 4.90 Å². The number of rotatable bonds is 3. The van der Waals surface area contributed by atoms with Crippen LogP contribution in [0.5, 0.6) is 0 Å². The molecular weight excluding hydrogens is 204 g/mol. The Labute approximate surface area is 94.9 Å². The smallest absolute Gasteiger partial charge is 0.161 e. The van der Waals surface area contributed by atoms with E-state index in [-0.39, 0.29) is 18.4 Å². The summed E-state index contributed by atoms with van der Waals surface area (Å²) in [6.45, 7) is 2.62. The second-order valence-electron chi connectivity index (χ2n) is 4.13. The third kappa shape index (κ3) is 2.07. The van der Waals surface area contributed by atoms with Gasteiger partial charge >= 0.3 is 0 Å². The molecule has 1 aromatic rings. The number of nitrogens with zero attached hydrogens (tertiary/aromatic N) is 2. The van der Waals surface area contributed by atoms with Gasteiger partial charge in [-0.1, -0.05) is 0 Å². The first-order valence-corrected chi connectivity index (χ1v) is 5.57. The van der Waals surface area contributed by atoms with Crippen molar-refractivity contribution in [2.75, 3.05) is 18.1 Å². The van der Waals surface area contributed by atoms with Crippen LogP contribution in [0.4, 0.5) is 5.82 Å². The Morgan fingerprint density at radius 1 is 1.62 bits per heavy atom. The van der Waals surface area contributed by atoms with Gasteiger partial charge in [-0.25, -0.2) is 4.98 Å². The van der Waals surface area contributed by atoms with E-state index < -0.39 is 0 Å². The van der Waals surface area contributed by atoms with Crippen LogP contribution in [-0.2, 0) is 0 Å². The lowest BCUT2D eigenvalue weighted by atomic mass is 10.2. The fraction of sp³-hybridized carbons (Fsp3) is 0.500. The van der Waals surface area contributed by atoms with Crippen molar-refractivity contribution >= 4 is 11.6 Å². The van der Waals surface area contributed by atoms with E-state index in [0.717, 1.165) is 25.2 Å². The standard InChI is InChI=1S/C12H16N2O2/c1-9(16)10-4-5-12(13-7-10)14-6-2-3-11(14)8-15/h4-5,7,11,15H,2-3,6,8H2,1H3. The van der Waals surface area contributed by atoms with Crippen molar-refractivity contribution in [1.29, 1.82) is 0 Å². The molecule has 0 bridgehead atoms. The number of Topliss-reactive ketones (excluding diaryl/α,β-unsaturated/α-hetero) is 1. The molecule has 1 saturated heterocycles. The molecule has 0 aliphatic carbocycles. The van der Waals surface area contributed by atoms with Crippen LogP contribution in [0, 0.1) is 0 Å². The van der Waals surface area contributed by atoms with E-state index in [0.29, 0.717) is 5.56 Å². The number of carbonyl (C=O) groups excluding carboxylic acids is 1. The molecule has 1 aromatic heterocycles. The number of aliphatic hydroxyl groups excluding tert-OH is 1. The molecule has 4 heteroatoms. The van der Waals surface area contributed by atoms with E-state index in [4.69, 9.17) is 0 Å². The number of ketones is 1. The van der Waals surface area contributed by atoms with Gasteiger partial charge in [-0.15, -0.1) is 0 Å². The SMILES string of the molecule is CC(=O)c1ccc(N2CCCC2CO)nc1. The molecule has 1 atom stereocenters. The minimum absolute atomic E-state index is 0.0270. The van der Waals surface area contributed by atoms with Gasteiger partial charge in [0.05, 0.1) is 12.6 Å². The molecule has 1 N–H and O–H groups in total. The zero-order valence-electron chi connectivity index (χ0n) is 9.39. The van der Waals surface area contributed by atoms with E-state index in [2.05, 4.69) is 9.88 Å². The Hall–Kier alpha value is -1.42. The predicted octanol–water partition coefficient (Wildman–Crippen LogP) is 1.25. The molecule has 1 fully saturated rings. The lowest BCUT2D eigenvalue weighted by Crippen LogP contribution is -2.32. The molecule has 0 radical (unpaired) electrons. The quantitative estimate of drug-likeness (QED) is 0.779. The highest BCUT2D eigenvalue weighted by molar-refractivity contribution is 5.93. The number of aliphatic hydroxyl groups is 1. The zero-order valence-corrected chi connectivity index (χ0v) is 9.39. The monoisotopic (exact) mass is 220 g/mol. The summed E-state index contributed by atoms with van der Waals surface area (Å²) in [5, 5.41) is 9.22. The summed E-state index contributed by atoms with van der Waals surface area (Å²) in [6, 6.07) is 3.82. The van der Waals surface area contributed by atoms with Gasteiger partial charge in [0.2, 0.25) is 0 Å². The molecule has 2 heterocycles. The average Bonchev–Trinajstić information content (AvgIpc) is 2.77. The number of anilines is 1. The fourth-order valence-corrected chi connectivity index (χ4v) is 2.09. The molecule has 1 unspecified atom stereocenters. The van der Waals surface area contributed by atoms with Gasteiger partial charge in [-0.3, -0.25) is 4.79 Å². The van der Waals surface area contributed by atoms with Crippen molar-refractivity contribution in [3.63, 3.8) is 0 Å². The van der Waals surface area contributed by atoms with Gasteiger partial charge in [0.1, 0.15) is 5.82 Å². The predicted molar refractivity (Wildman–Crippen MR) is 61.7 cm³/mol. The van der Waals surface area contributed by atoms with Gasteiger partial charge < -0.3 is 10.0 Å². The number of pyridine rings is 1. The largest absolute Gasteiger partial charge is 0.394 e. The van der Waals surface area contributed by atoms with Crippen LogP contribution in [0.1, 0.15) is 30.1 Å². The summed E-state index contributed by atoms with van der Waals surface area (Å²) in [5.41, 5.74) is 0.628. The number of aromatic nitrogens is 1. The lowest BCUT2D eigenvalue weighted by molar-refractivity contribution is 0.101. The number of hydrogen-bond acceptors (Lipinski definition) is 4. The molecule has 1 aliphatic heterocycles. The van der Waals surface area contributed by atoms with Crippen LogP contribution in [0.3, 0.4) is 0 Å². The summed E-state index contributed by atoms with van der Waals surface area (Å²) in [4.78, 5) is 17.5. The van der Waals surface area contributed by atoms with Crippen molar-refractivity contribution in [3.8, 4) is 0 Å². The first-order chi connectivity index (χ1) is 7.72. The maximum absolute atomic E-state index is 11.1. The molecule has 0 amide bonds. The molecule has 16 heavy (non-hydrogen) atoms. The summed E-state index contributed by atoms with van der Waals surface area (Å²) in [5.74, 6) is 0.876. The van der Waals surface area contributed by atoms with Crippen molar-refractivity contribution in [2.45, 2.75) is 25.8 Å². The summed E-state index contributed by atoms with van der Waals surface area (Å²) < 4.78 is 0. The molecule has 0 saturated carbocycles. The fourth-order valence-electron chi connectivity index (χ4n) is 2.09. The Bertz CT molecular complexity index is 375. The van der Waals surface area contributed by atoms with E-state index in [1.807, 2.05) is 6.07 Å². The second-order valence-corrected chi connectivity index (χ2v) is 4.13. The van der Waals surface area contributed by atoms with Gasteiger partial charge in [-0.05, 0) is 31.9 Å². The van der Waals surface area contributed by atoms with Crippen LogP contribution >= 0.6 is 0 Å². The summed E-state index contributed by atoms with van der Waals surface area (Å²) in [6.07, 6.45) is 3.69. The topological polar surface area (TPSA) is 53.4 Å². The number of carbonyl (C=O) groups is 1. The first kappa shape index (κ1) is 11.1. The minimum Gasteiger partial charge on any atom is -0.394 e. The summed E-state index contributed by atoms with van der Waals surface area (Å²) >= 11 is 0. The minimum atomic E-state index is 0.0270. The maximum Gasteiger partial charge on any atom is 0.161 e. The molecule has 4 nitrogen and oxygen atoms in total. The highest BCUT2D eigenvalue weighted by Gasteiger charge is 2.24. The van der Waals surface area contributed by atoms with E-state index in [9.17, 15) is 9.90 Å². The van der Waals surface area contributed by atoms with Gasteiger partial charge in [-0.2, -0.15) is 0 Å². The van der Waals surface area contributed by atoms with Gasteiger partial charge in [0, 0.05) is 18.3 Å². The molecular formula is C12H16N2O2. The Morgan fingerprint density at radius 2 is 2.44 bits per heavy atom. The Kier molecular flexibility index (Phi) is 3.19. The van der Waals surface area contributed by atoms with E-state index in [1.54, 1.807) is 12.3 Å². The van der Waals surface area contributed by atoms with Crippen molar-refractivity contribution in [2.24, 2.45) is 0 Å². The highest BCUT2D eigenvalue weighted by Crippen LogP contribution is 2.23. The lowest BCUT2D eigenvalue weighted by Gasteiger charge is -2.23. The second kappa shape index (κ2) is 4.61. The van der Waals surface area contributed by atoms with E-state index in [1.165, 1.54) is 6.92 Å². The first-order valence-electron chi connectivity index (χ1n) is 5.57. The number of hydrogen-bond donors (Lipinski definition) is 1. The zero-order chi connectivity index (χ0) is 11.5. The Balaban J connectivity index is 2.18. The highest BCUT2D eigenvalue weighted by atomic mass is 16.3. The van der Waals surface area contributed by atoms with Crippen LogP contribution in [-0.4, -0.2) is 35.1 Å². The molecule has 0 aromatic carbocycles. The van der Waals surface area contributed by atoms with Crippen molar-refractivity contribution in [1.82, 2.24) is 4.98 Å². The van der Waals surface area contributed by atoms with Crippen LogP contribution in [0.15, 0.2) is 18.3 Å².